The highest BCUT2D eigenvalue weighted by atomic mass is 19.4. The number of hydrogen-bond donors (Lipinski definition) is 0. The van der Waals surface area contributed by atoms with Crippen molar-refractivity contribution < 1.29 is 18.1 Å². The van der Waals surface area contributed by atoms with Crippen molar-refractivity contribution in [3.8, 4) is 0 Å². The molecule has 2 aromatic carbocycles. The molecule has 0 atom stereocenters. The molecule has 0 bridgehead atoms. The number of benzene rings is 2. The summed E-state index contributed by atoms with van der Waals surface area (Å²) in [4.78, 5) is 13.8. The van der Waals surface area contributed by atoms with Crippen LogP contribution in [0.4, 0.5) is 24.5 Å². The maximum Gasteiger partial charge on any atom is 0.418 e. The van der Waals surface area contributed by atoms with Crippen LogP contribution in [0.1, 0.15) is 11.1 Å². The van der Waals surface area contributed by atoms with Crippen LogP contribution in [-0.2, 0) is 12.7 Å². The summed E-state index contributed by atoms with van der Waals surface area (Å²) in [6, 6.07) is 12.8. The Kier molecular flexibility index (Phi) is 5.13. The molecule has 1 fully saturated rings. The molecule has 0 radical (unpaired) electrons. The second kappa shape index (κ2) is 7.33. The first kappa shape index (κ1) is 18.2. The van der Waals surface area contributed by atoms with Gasteiger partial charge in [-0.2, -0.15) is 13.2 Å². The summed E-state index contributed by atoms with van der Waals surface area (Å²) in [7, 11) is 0. The normalized spacial score (nSPS) is 15.9. The molecule has 1 heterocycles. The molecular weight excluding hydrogens is 347 g/mol. The summed E-state index contributed by atoms with van der Waals surface area (Å²) in [6.07, 6.45) is -4.64. The first-order valence-electron chi connectivity index (χ1n) is 8.21. The zero-order valence-electron chi connectivity index (χ0n) is 13.9. The molecule has 138 valence electrons. The Morgan fingerprint density at radius 2 is 1.65 bits per heavy atom. The highest BCUT2D eigenvalue weighted by Crippen LogP contribution is 2.39. The molecule has 3 rings (SSSR count). The van der Waals surface area contributed by atoms with Gasteiger partial charge >= 0.3 is 6.18 Å². The fourth-order valence-electron chi connectivity index (χ4n) is 3.13. The van der Waals surface area contributed by atoms with E-state index in [0.717, 1.165) is 18.2 Å². The molecule has 0 N–H and O–H groups in total. The Bertz CT molecular complexity index is 773. The Labute approximate surface area is 148 Å². The van der Waals surface area contributed by atoms with Gasteiger partial charge in [0.15, 0.2) is 0 Å². The van der Waals surface area contributed by atoms with E-state index in [1.165, 1.54) is 6.07 Å². The molecule has 0 aromatic heterocycles. The van der Waals surface area contributed by atoms with E-state index in [4.69, 9.17) is 0 Å². The second-order valence-corrected chi connectivity index (χ2v) is 6.21. The van der Waals surface area contributed by atoms with Gasteiger partial charge in [-0.15, -0.1) is 0 Å². The number of nitro groups is 1. The number of non-ortho nitro benzene ring substituents is 1. The molecule has 0 spiro atoms. The van der Waals surface area contributed by atoms with E-state index in [1.807, 2.05) is 30.3 Å². The Hall–Kier alpha value is -2.61. The van der Waals surface area contributed by atoms with Crippen LogP contribution in [0.2, 0.25) is 0 Å². The smallest absolute Gasteiger partial charge is 0.368 e. The van der Waals surface area contributed by atoms with Gasteiger partial charge in [-0.1, -0.05) is 30.3 Å². The topological polar surface area (TPSA) is 49.6 Å². The fourth-order valence-corrected chi connectivity index (χ4v) is 3.13. The first-order chi connectivity index (χ1) is 12.3. The predicted octanol–water partition coefficient (Wildman–Crippen LogP) is 3.94. The van der Waals surface area contributed by atoms with Gasteiger partial charge in [0.05, 0.1) is 10.5 Å². The van der Waals surface area contributed by atoms with Gasteiger partial charge in [-0.25, -0.2) is 0 Å². The van der Waals surface area contributed by atoms with Crippen LogP contribution in [0.15, 0.2) is 48.5 Å². The van der Waals surface area contributed by atoms with E-state index >= 15 is 0 Å². The zero-order valence-corrected chi connectivity index (χ0v) is 13.9. The van der Waals surface area contributed by atoms with Gasteiger partial charge < -0.3 is 4.90 Å². The third-order valence-corrected chi connectivity index (χ3v) is 4.46. The van der Waals surface area contributed by atoms with Crippen LogP contribution < -0.4 is 4.90 Å². The molecule has 8 heteroatoms. The maximum atomic E-state index is 13.4. The van der Waals surface area contributed by atoms with Crippen molar-refractivity contribution in [2.45, 2.75) is 12.7 Å². The molecule has 2 aromatic rings. The standard InChI is InChI=1S/C18H18F3N3O2/c19-18(20,21)16-12-15(24(25)26)6-7-17(16)23-10-8-22(9-11-23)13-14-4-2-1-3-5-14/h1-7,12H,8-11,13H2. The summed E-state index contributed by atoms with van der Waals surface area (Å²) in [5, 5.41) is 10.8. The molecule has 26 heavy (non-hydrogen) atoms. The summed E-state index contributed by atoms with van der Waals surface area (Å²) in [5.74, 6) is 0. The minimum atomic E-state index is -4.64. The molecular formula is C18H18F3N3O2. The van der Waals surface area contributed by atoms with Crippen LogP contribution in [-0.4, -0.2) is 36.0 Å². The van der Waals surface area contributed by atoms with Crippen molar-refractivity contribution in [3.63, 3.8) is 0 Å². The Morgan fingerprint density at radius 3 is 2.23 bits per heavy atom. The lowest BCUT2D eigenvalue weighted by molar-refractivity contribution is -0.385. The minimum absolute atomic E-state index is 0.00228. The first-order valence-corrected chi connectivity index (χ1v) is 8.21. The van der Waals surface area contributed by atoms with Crippen molar-refractivity contribution in [2.24, 2.45) is 0 Å². The Morgan fingerprint density at radius 1 is 1.00 bits per heavy atom. The second-order valence-electron chi connectivity index (χ2n) is 6.21. The lowest BCUT2D eigenvalue weighted by Gasteiger charge is -2.37. The molecule has 0 unspecified atom stereocenters. The SMILES string of the molecule is O=[N+]([O-])c1ccc(N2CCN(Cc3ccccc3)CC2)c(C(F)(F)F)c1. The predicted molar refractivity (Wildman–Crippen MR) is 92.0 cm³/mol. The lowest BCUT2D eigenvalue weighted by atomic mass is 10.1. The number of hydrogen-bond acceptors (Lipinski definition) is 4. The van der Waals surface area contributed by atoms with Gasteiger partial charge in [0, 0.05) is 50.5 Å². The fraction of sp³-hybridized carbons (Fsp3) is 0.333. The number of rotatable bonds is 4. The van der Waals surface area contributed by atoms with Gasteiger partial charge in [0.25, 0.3) is 5.69 Å². The van der Waals surface area contributed by atoms with Crippen LogP contribution >= 0.6 is 0 Å². The summed E-state index contributed by atoms with van der Waals surface area (Å²) < 4.78 is 40.1. The quantitative estimate of drug-likeness (QED) is 0.608. The molecule has 1 saturated heterocycles. The highest BCUT2D eigenvalue weighted by Gasteiger charge is 2.37. The average Bonchev–Trinajstić information content (AvgIpc) is 2.62. The molecule has 5 nitrogen and oxygen atoms in total. The molecule has 0 aliphatic carbocycles. The van der Waals surface area contributed by atoms with Crippen molar-refractivity contribution in [2.75, 3.05) is 31.1 Å². The summed E-state index contributed by atoms with van der Waals surface area (Å²) in [6.45, 7) is 2.88. The van der Waals surface area contributed by atoms with E-state index in [-0.39, 0.29) is 5.69 Å². The van der Waals surface area contributed by atoms with E-state index in [0.29, 0.717) is 32.2 Å². The minimum Gasteiger partial charge on any atom is -0.368 e. The highest BCUT2D eigenvalue weighted by molar-refractivity contribution is 5.59. The van der Waals surface area contributed by atoms with Crippen molar-refractivity contribution in [1.82, 2.24) is 4.90 Å². The maximum absolute atomic E-state index is 13.4. The van der Waals surface area contributed by atoms with Crippen molar-refractivity contribution >= 4 is 11.4 Å². The van der Waals surface area contributed by atoms with E-state index in [1.54, 1.807) is 4.90 Å². The van der Waals surface area contributed by atoms with Crippen LogP contribution in [0.5, 0.6) is 0 Å². The molecule has 0 amide bonds. The van der Waals surface area contributed by atoms with E-state index in [9.17, 15) is 23.3 Å². The number of alkyl halides is 3. The monoisotopic (exact) mass is 365 g/mol. The number of piperazine rings is 1. The third kappa shape index (κ3) is 4.13. The number of halogens is 3. The Balaban J connectivity index is 1.73. The molecule has 0 saturated carbocycles. The lowest BCUT2D eigenvalue weighted by Crippen LogP contribution is -2.46. The summed E-state index contributed by atoms with van der Waals surface area (Å²) >= 11 is 0. The molecule has 1 aliphatic heterocycles. The average molecular weight is 365 g/mol. The van der Waals surface area contributed by atoms with Crippen LogP contribution in [0.3, 0.4) is 0 Å². The van der Waals surface area contributed by atoms with Gasteiger partial charge in [-0.05, 0) is 11.6 Å². The van der Waals surface area contributed by atoms with E-state index in [2.05, 4.69) is 4.90 Å². The van der Waals surface area contributed by atoms with Crippen molar-refractivity contribution in [1.29, 1.82) is 0 Å². The van der Waals surface area contributed by atoms with Crippen LogP contribution in [0, 0.1) is 10.1 Å². The van der Waals surface area contributed by atoms with E-state index < -0.39 is 22.4 Å². The van der Waals surface area contributed by atoms with Gasteiger partial charge in [0.2, 0.25) is 0 Å². The third-order valence-electron chi connectivity index (χ3n) is 4.46. The number of nitrogens with zero attached hydrogens (tertiary/aromatic N) is 3. The van der Waals surface area contributed by atoms with Gasteiger partial charge in [0.1, 0.15) is 0 Å². The number of anilines is 1. The largest absolute Gasteiger partial charge is 0.418 e. The summed E-state index contributed by atoms with van der Waals surface area (Å²) in [5.41, 5.74) is -0.346. The van der Waals surface area contributed by atoms with Crippen molar-refractivity contribution in [3.05, 3.63) is 69.8 Å². The number of nitro benzene ring substituents is 1. The zero-order chi connectivity index (χ0) is 18.7. The van der Waals surface area contributed by atoms with Gasteiger partial charge in [-0.3, -0.25) is 15.0 Å². The molecule has 1 aliphatic rings. The van der Waals surface area contributed by atoms with Crippen LogP contribution in [0.25, 0.3) is 0 Å².